The molecule has 17 N–H and O–H groups in total. The Bertz CT molecular complexity index is 1950. The second-order valence-electron chi connectivity index (χ2n) is 29.3. The Hall–Kier alpha value is -3.40. The molecule has 0 aromatic rings. The van der Waals surface area contributed by atoms with Gasteiger partial charge in [0.25, 0.3) is 0 Å². The summed E-state index contributed by atoms with van der Waals surface area (Å²) in [7, 11) is 0. The molecule has 6 rings (SSSR count). The van der Waals surface area contributed by atoms with Crippen LogP contribution in [0.25, 0.3) is 31.9 Å². The van der Waals surface area contributed by atoms with E-state index in [1.165, 1.54) is 0 Å². The second-order valence-corrected chi connectivity index (χ2v) is 29.3. The Balaban J connectivity index is 0.000000354. The molecule has 0 spiro atoms. The normalized spacial score (nSPS) is 29.2. The van der Waals surface area contributed by atoms with Crippen molar-refractivity contribution in [2.24, 2.45) is 71.0 Å². The molecule has 0 bridgehead atoms. The topological polar surface area (TPSA) is 411 Å². The fourth-order valence-electron chi connectivity index (χ4n) is 13.9. The molecule has 18 atom stereocenters. The number of piperidine rings is 5. The van der Waals surface area contributed by atoms with Crippen LogP contribution in [0.2, 0.25) is 0 Å². The number of carbonyl (C=O) groups excluding carboxylic acids is 1. The fourth-order valence-corrected chi connectivity index (χ4v) is 13.9. The molecule has 5 saturated heterocycles. The SMILES string of the molecule is CC(C)C([NH2+]CC1C=CC(C2CCC(C[NH2+]C(C(=O)O)C(C)C)C[N-]2)[N-]C1)C(=O)O.CC(C)C([NH2+]CC1CCC(C2CCC(C[NH2+]C(C(=O)O)C(C)C)C[N-]2)[N-]C1)C(=O)O.CC(C)C([NH2+]CC1CCC(C2CCC(C[NH2+]C(C(=O)O)C(C)C)C[N-]2)[N-]C1)C(=O)[O-].[Fe+2]. The molecule has 6 heterocycles. The summed E-state index contributed by atoms with van der Waals surface area (Å²) in [6.07, 6.45) is 14.8. The van der Waals surface area contributed by atoms with Gasteiger partial charge in [0.2, 0.25) is 0 Å². The minimum atomic E-state index is -0.980. The summed E-state index contributed by atoms with van der Waals surface area (Å²) in [5.41, 5.74) is 0. The molecule has 18 unspecified atom stereocenters. The van der Waals surface area contributed by atoms with Gasteiger partial charge in [-0.05, 0) is 61.7 Å². The second kappa shape index (κ2) is 42.2. The summed E-state index contributed by atoms with van der Waals surface area (Å²) in [4.78, 5) is 68.0. The van der Waals surface area contributed by atoms with Crippen LogP contribution in [0, 0.1) is 71.0 Å². The predicted molar refractivity (Wildman–Crippen MR) is 344 cm³/mol. The maximum absolute atomic E-state index is 11.4. The summed E-state index contributed by atoms with van der Waals surface area (Å²) >= 11 is 0. The van der Waals surface area contributed by atoms with Crippen LogP contribution in [0.1, 0.15) is 147 Å². The van der Waals surface area contributed by atoms with Gasteiger partial charge >= 0.3 is 46.9 Å². The number of carbonyl (C=O) groups is 6. The zero-order valence-corrected chi connectivity index (χ0v) is 58.3. The van der Waals surface area contributed by atoms with Gasteiger partial charge in [-0.25, -0.2) is 24.0 Å². The smallest absolute Gasteiger partial charge is 0.660 e. The summed E-state index contributed by atoms with van der Waals surface area (Å²) in [5.74, 6) is -1.56. The molecule has 526 valence electrons. The molecule has 0 saturated carbocycles. The molecular formula is C66H123FeN12O12+. The largest absolute Gasteiger partial charge is 2.00 e. The first-order chi connectivity index (χ1) is 42.6. The van der Waals surface area contributed by atoms with Crippen LogP contribution < -0.4 is 37.0 Å². The Kier molecular flexibility index (Phi) is 38.0. The zero-order valence-electron chi connectivity index (χ0n) is 57.2. The van der Waals surface area contributed by atoms with E-state index in [4.69, 9.17) is 31.9 Å². The summed E-state index contributed by atoms with van der Waals surface area (Å²) in [6, 6.07) is -0.893. The van der Waals surface area contributed by atoms with Crippen molar-refractivity contribution in [2.45, 2.75) is 220 Å². The maximum atomic E-state index is 11.4. The fraction of sp³-hybridized carbons (Fsp3) is 0.879. The number of carboxylic acids is 6. The summed E-state index contributed by atoms with van der Waals surface area (Å²) in [5, 5.41) is 98.8. The molecule has 0 aliphatic carbocycles. The number of nitrogens with two attached hydrogens (primary N) is 6. The third-order valence-electron chi connectivity index (χ3n) is 20.1. The van der Waals surface area contributed by atoms with Gasteiger partial charge in [-0.15, -0.1) is 57.4 Å². The minimum Gasteiger partial charge on any atom is -0.660 e. The molecule has 5 fully saturated rings. The summed E-state index contributed by atoms with van der Waals surface area (Å²) in [6.45, 7) is 32.8. The van der Waals surface area contributed by atoms with Crippen molar-refractivity contribution in [3.8, 4) is 0 Å². The van der Waals surface area contributed by atoms with Gasteiger partial charge in [0.15, 0.2) is 30.2 Å². The van der Waals surface area contributed by atoms with E-state index in [1.54, 1.807) is 0 Å². The first kappa shape index (κ1) is 81.8. The van der Waals surface area contributed by atoms with Crippen molar-refractivity contribution in [3.63, 3.8) is 0 Å². The van der Waals surface area contributed by atoms with E-state index >= 15 is 0 Å². The number of aliphatic carboxylic acids is 6. The predicted octanol–water partition coefficient (Wildman–Crippen LogP) is 0.347. The molecule has 0 radical (unpaired) electrons. The molecule has 24 nitrogen and oxygen atoms in total. The third kappa shape index (κ3) is 28.8. The molecule has 0 aromatic carbocycles. The minimum absolute atomic E-state index is 0. The van der Waals surface area contributed by atoms with Crippen molar-refractivity contribution in [1.29, 1.82) is 0 Å². The van der Waals surface area contributed by atoms with E-state index in [0.29, 0.717) is 41.7 Å². The van der Waals surface area contributed by atoms with Crippen LogP contribution in [-0.2, 0) is 45.8 Å². The van der Waals surface area contributed by atoms with Crippen molar-refractivity contribution < 1.29 is 108 Å². The van der Waals surface area contributed by atoms with Gasteiger partial charge in [0.1, 0.15) is 6.04 Å². The molecule has 0 aromatic heterocycles. The van der Waals surface area contributed by atoms with Crippen LogP contribution >= 0.6 is 0 Å². The first-order valence-electron chi connectivity index (χ1n) is 34.6. The molecule has 6 aliphatic heterocycles. The average molecular weight is 1330 g/mol. The average Bonchev–Trinajstić information content (AvgIpc) is 2.91. The first-order valence-corrected chi connectivity index (χ1v) is 34.6. The van der Waals surface area contributed by atoms with Crippen LogP contribution in [-0.4, -0.2) is 212 Å². The van der Waals surface area contributed by atoms with Crippen molar-refractivity contribution in [3.05, 3.63) is 44.1 Å². The molecular weight excluding hydrogens is 1210 g/mol. The van der Waals surface area contributed by atoms with Crippen LogP contribution in [0.5, 0.6) is 0 Å². The summed E-state index contributed by atoms with van der Waals surface area (Å²) < 4.78 is 0. The Morgan fingerprint density at radius 3 is 0.758 bits per heavy atom. The molecule has 0 amide bonds. The number of nitrogens with zero attached hydrogens (tertiary/aromatic N) is 6. The van der Waals surface area contributed by atoms with E-state index < -0.39 is 47.9 Å². The van der Waals surface area contributed by atoms with Crippen LogP contribution in [0.4, 0.5) is 0 Å². The van der Waals surface area contributed by atoms with Gasteiger partial charge in [0, 0.05) is 41.4 Å². The van der Waals surface area contributed by atoms with Gasteiger partial charge in [0.05, 0.1) is 45.2 Å². The van der Waals surface area contributed by atoms with Crippen LogP contribution in [0.3, 0.4) is 0 Å². The van der Waals surface area contributed by atoms with Crippen molar-refractivity contribution >= 4 is 35.8 Å². The third-order valence-corrected chi connectivity index (χ3v) is 20.1. The van der Waals surface area contributed by atoms with Crippen molar-refractivity contribution in [1.82, 2.24) is 0 Å². The van der Waals surface area contributed by atoms with Gasteiger partial charge in [-0.3, -0.25) is 0 Å². The van der Waals surface area contributed by atoms with Crippen LogP contribution in [0.15, 0.2) is 12.2 Å². The quantitative estimate of drug-likeness (QED) is 0.0313. The zero-order chi connectivity index (χ0) is 66.8. The molecule has 25 heteroatoms. The van der Waals surface area contributed by atoms with E-state index in [-0.39, 0.29) is 107 Å². The van der Waals surface area contributed by atoms with E-state index in [0.717, 1.165) is 143 Å². The van der Waals surface area contributed by atoms with E-state index in [1.807, 2.05) is 115 Å². The number of rotatable bonds is 33. The molecule has 91 heavy (non-hydrogen) atoms. The van der Waals surface area contributed by atoms with Crippen molar-refractivity contribution in [2.75, 3.05) is 78.5 Å². The van der Waals surface area contributed by atoms with Gasteiger partial charge in [-0.2, -0.15) is 24.2 Å². The standard InChI is InChI=1S/2C22H40N4O4.C22H38N4O4.Fe/c3*1-13(2)19(21(27)28)25-11-15-5-7-17(23-9-15)18-8-6-16(10-24-18)12-26-20(14(3)4)22(29)30;/h2*13-20,25-26H,5-12H2,1-4H3,(H,27,28)(H,29,30);5,7,13-20,25-26H,6,8-12H2,1-4H3,(H,27,28)(H,29,30);/q3*-2;+2/p+5. The van der Waals surface area contributed by atoms with E-state index in [9.17, 15) is 59.4 Å². The Morgan fingerprint density at radius 1 is 0.341 bits per heavy atom. The Labute approximate surface area is 555 Å². The number of carboxylic acid groups (broad SMARTS) is 6. The van der Waals surface area contributed by atoms with Gasteiger partial charge < -0.3 is 99.2 Å². The number of quaternary nitrogens is 6. The van der Waals surface area contributed by atoms with Gasteiger partial charge in [-0.1, -0.05) is 121 Å². The monoisotopic (exact) mass is 1330 g/mol. The number of hydrogen-bond donors (Lipinski definition) is 11. The molecule has 6 aliphatic rings. The number of hydrogen-bond acceptors (Lipinski definition) is 7. The maximum Gasteiger partial charge on any atom is 2.00 e. The van der Waals surface area contributed by atoms with E-state index in [2.05, 4.69) is 12.2 Å². The Morgan fingerprint density at radius 2 is 0.571 bits per heavy atom.